The summed E-state index contributed by atoms with van der Waals surface area (Å²) >= 11 is 2.24. The van der Waals surface area contributed by atoms with Gasteiger partial charge >= 0.3 is 5.97 Å². The molecule has 1 aromatic rings. The van der Waals surface area contributed by atoms with Crippen LogP contribution in [0.5, 0.6) is 0 Å². The van der Waals surface area contributed by atoms with Gasteiger partial charge in [0.25, 0.3) is 0 Å². The number of Topliss-reactive ketones (excluding diaryl/α,β-unsaturated/α-hetero) is 1. The van der Waals surface area contributed by atoms with Crippen LogP contribution in [0.25, 0.3) is 0 Å². The molecule has 3 nitrogen and oxygen atoms in total. The van der Waals surface area contributed by atoms with E-state index in [1.54, 1.807) is 0 Å². The number of ether oxygens (including phenoxy) is 1. The summed E-state index contributed by atoms with van der Waals surface area (Å²) < 4.78 is 7.05. The molecule has 4 saturated carbocycles. The highest BCUT2D eigenvalue weighted by Crippen LogP contribution is 2.65. The lowest BCUT2D eigenvalue weighted by molar-refractivity contribution is -0.130. The van der Waals surface area contributed by atoms with Crippen molar-refractivity contribution in [3.63, 3.8) is 0 Å². The molecule has 0 spiro atoms. The van der Waals surface area contributed by atoms with Crippen molar-refractivity contribution in [1.82, 2.24) is 0 Å². The van der Waals surface area contributed by atoms with E-state index >= 15 is 0 Å². The van der Waals surface area contributed by atoms with Crippen LogP contribution in [0, 0.1) is 44.5 Å². The van der Waals surface area contributed by atoms with Gasteiger partial charge in [0.15, 0.2) is 0 Å². The van der Waals surface area contributed by atoms with Crippen LogP contribution in [-0.2, 0) is 9.53 Å². The fourth-order valence-electron chi connectivity index (χ4n) is 8.86. The van der Waals surface area contributed by atoms with E-state index in [2.05, 4.69) is 29.5 Å². The first-order valence-corrected chi connectivity index (χ1v) is 14.0. The summed E-state index contributed by atoms with van der Waals surface area (Å²) in [7, 11) is 0. The smallest absolute Gasteiger partial charge is 0.338 e. The van der Waals surface area contributed by atoms with Gasteiger partial charge in [0.1, 0.15) is 11.9 Å². The van der Waals surface area contributed by atoms with E-state index in [0.29, 0.717) is 28.6 Å². The first-order chi connectivity index (χ1) is 15.4. The van der Waals surface area contributed by atoms with Crippen LogP contribution in [0.3, 0.4) is 0 Å². The van der Waals surface area contributed by atoms with Gasteiger partial charge in [-0.25, -0.2) is 4.79 Å². The van der Waals surface area contributed by atoms with Gasteiger partial charge in [-0.15, -0.1) is 0 Å². The number of halogens is 1. The molecule has 0 unspecified atom stereocenters. The van der Waals surface area contributed by atoms with Crippen molar-refractivity contribution in [2.75, 3.05) is 0 Å². The minimum atomic E-state index is -0.160. The standard InChI is InChI=1S/C28H37IO3/c1-3-28-14-13-23-22-10-8-21(32-27(31)19-5-4-6-20(29)15-19)16-18(22)7-9-24(23)26(28)12-11-25(28)17(2)30/h4-6,15,18,21-26H,3,7-14,16H2,1-2H3/t18-,21+,22-,23+,24+,25+,26-,28+/m0/s1. The number of carbonyl (C=O) groups excluding carboxylic acids is 2. The Bertz CT molecular complexity index is 881. The normalized spacial score (nSPS) is 40.7. The number of esters is 1. The molecule has 0 bridgehead atoms. The molecular formula is C28H37IO3. The molecule has 0 amide bonds. The highest BCUT2D eigenvalue weighted by Gasteiger charge is 2.59. The van der Waals surface area contributed by atoms with Gasteiger partial charge < -0.3 is 4.74 Å². The van der Waals surface area contributed by atoms with Crippen molar-refractivity contribution in [1.29, 1.82) is 0 Å². The van der Waals surface area contributed by atoms with E-state index in [1.165, 1.54) is 44.9 Å². The molecule has 8 atom stereocenters. The molecular weight excluding hydrogens is 511 g/mol. The second kappa shape index (κ2) is 9.03. The SMILES string of the molecule is CC[C@]12CC[C@H]3[C@@H](CC[C@H]4C[C@H](OC(=O)c5cccc(I)c5)CC[C@@H]43)[C@@H]1CC[C@@H]2C(C)=O. The van der Waals surface area contributed by atoms with E-state index in [4.69, 9.17) is 4.74 Å². The lowest BCUT2D eigenvalue weighted by Gasteiger charge is -2.56. The molecule has 1 aromatic carbocycles. The zero-order valence-corrected chi connectivity index (χ0v) is 21.7. The lowest BCUT2D eigenvalue weighted by Crippen LogP contribution is -2.50. The van der Waals surface area contributed by atoms with Crippen molar-refractivity contribution in [2.45, 2.75) is 84.2 Å². The average molecular weight is 549 g/mol. The second-order valence-electron chi connectivity index (χ2n) is 11.2. The third kappa shape index (κ3) is 3.86. The summed E-state index contributed by atoms with van der Waals surface area (Å²) in [5.41, 5.74) is 0.965. The Labute approximate surface area is 206 Å². The Morgan fingerprint density at radius 3 is 2.59 bits per heavy atom. The summed E-state index contributed by atoms with van der Waals surface area (Å²) in [6.45, 7) is 4.18. The highest BCUT2D eigenvalue weighted by molar-refractivity contribution is 14.1. The van der Waals surface area contributed by atoms with Crippen molar-refractivity contribution in [3.8, 4) is 0 Å². The van der Waals surface area contributed by atoms with Gasteiger partial charge in [-0.3, -0.25) is 4.79 Å². The van der Waals surface area contributed by atoms with Crippen LogP contribution in [-0.4, -0.2) is 17.9 Å². The molecule has 0 aromatic heterocycles. The Morgan fingerprint density at radius 2 is 1.84 bits per heavy atom. The van der Waals surface area contributed by atoms with E-state index in [-0.39, 0.29) is 12.1 Å². The van der Waals surface area contributed by atoms with Gasteiger partial charge in [-0.1, -0.05) is 13.0 Å². The second-order valence-corrected chi connectivity index (χ2v) is 12.4. The van der Waals surface area contributed by atoms with E-state index in [9.17, 15) is 9.59 Å². The van der Waals surface area contributed by atoms with Gasteiger partial charge in [0, 0.05) is 9.49 Å². The van der Waals surface area contributed by atoms with Crippen molar-refractivity contribution >= 4 is 34.3 Å². The molecule has 4 fully saturated rings. The zero-order chi connectivity index (χ0) is 22.5. The summed E-state index contributed by atoms with van der Waals surface area (Å²) in [5, 5.41) is 0. The highest BCUT2D eigenvalue weighted by atomic mass is 127. The third-order valence-electron chi connectivity index (χ3n) is 10.1. The van der Waals surface area contributed by atoms with E-state index < -0.39 is 0 Å². The van der Waals surface area contributed by atoms with Gasteiger partial charge in [-0.05, 0) is 147 Å². The minimum Gasteiger partial charge on any atom is -0.459 e. The minimum absolute atomic E-state index is 0.0741. The molecule has 0 heterocycles. The summed E-state index contributed by atoms with van der Waals surface area (Å²) in [5.74, 6) is 4.51. The number of rotatable bonds is 4. The van der Waals surface area contributed by atoms with Crippen LogP contribution in [0.1, 0.15) is 88.4 Å². The topological polar surface area (TPSA) is 43.4 Å². The molecule has 174 valence electrons. The molecule has 0 N–H and O–H groups in total. The summed E-state index contributed by atoms with van der Waals surface area (Å²) in [6.07, 6.45) is 12.1. The Hall–Kier alpha value is -0.910. The maximum atomic E-state index is 12.7. The monoisotopic (exact) mass is 548 g/mol. The summed E-state index contributed by atoms with van der Waals surface area (Å²) in [4.78, 5) is 25.1. The fourth-order valence-corrected chi connectivity index (χ4v) is 9.40. The van der Waals surface area contributed by atoms with E-state index in [0.717, 1.165) is 46.5 Å². The van der Waals surface area contributed by atoms with Crippen LogP contribution in [0.15, 0.2) is 24.3 Å². The predicted octanol–water partition coefficient (Wildman–Crippen LogP) is 7.06. The number of fused-ring (bicyclic) bond motifs is 5. The molecule has 0 radical (unpaired) electrons. The van der Waals surface area contributed by atoms with Crippen LogP contribution >= 0.6 is 22.6 Å². The fraction of sp³-hybridized carbons (Fsp3) is 0.714. The molecule has 4 aliphatic rings. The Balaban J connectivity index is 1.25. The molecule has 4 heteroatoms. The van der Waals surface area contributed by atoms with Crippen LogP contribution in [0.2, 0.25) is 0 Å². The van der Waals surface area contributed by atoms with Crippen LogP contribution in [0.4, 0.5) is 0 Å². The Morgan fingerprint density at radius 1 is 1.03 bits per heavy atom. The predicted molar refractivity (Wildman–Crippen MR) is 134 cm³/mol. The van der Waals surface area contributed by atoms with Crippen molar-refractivity contribution in [2.24, 2.45) is 40.9 Å². The average Bonchev–Trinajstić information content (AvgIpc) is 3.19. The number of carbonyl (C=O) groups is 2. The van der Waals surface area contributed by atoms with Crippen LogP contribution < -0.4 is 0 Å². The molecule has 0 saturated heterocycles. The molecule has 32 heavy (non-hydrogen) atoms. The molecule has 0 aliphatic heterocycles. The van der Waals surface area contributed by atoms with Crippen molar-refractivity contribution in [3.05, 3.63) is 33.4 Å². The van der Waals surface area contributed by atoms with Gasteiger partial charge in [0.05, 0.1) is 5.56 Å². The van der Waals surface area contributed by atoms with E-state index in [1.807, 2.05) is 31.2 Å². The van der Waals surface area contributed by atoms with Gasteiger partial charge in [-0.2, -0.15) is 0 Å². The molecule has 5 rings (SSSR count). The third-order valence-corrected chi connectivity index (χ3v) is 10.8. The Kier molecular flexibility index (Phi) is 6.45. The first-order valence-electron chi connectivity index (χ1n) is 12.9. The van der Waals surface area contributed by atoms with Crippen molar-refractivity contribution < 1.29 is 14.3 Å². The number of benzene rings is 1. The number of hydrogen-bond acceptors (Lipinski definition) is 3. The number of ketones is 1. The number of hydrogen-bond donors (Lipinski definition) is 0. The zero-order valence-electron chi connectivity index (χ0n) is 19.5. The largest absolute Gasteiger partial charge is 0.459 e. The maximum Gasteiger partial charge on any atom is 0.338 e. The maximum absolute atomic E-state index is 12.7. The lowest BCUT2D eigenvalue weighted by atomic mass is 9.48. The first kappa shape index (κ1) is 22.9. The van der Waals surface area contributed by atoms with Gasteiger partial charge in [0.2, 0.25) is 0 Å². The quantitative estimate of drug-likeness (QED) is 0.299. The summed E-state index contributed by atoms with van der Waals surface area (Å²) in [6, 6.07) is 7.70. The molecule has 4 aliphatic carbocycles.